The quantitative estimate of drug-likeness (QED) is 0.395. The molecule has 2 heterocycles. The summed E-state index contributed by atoms with van der Waals surface area (Å²) in [7, 11) is 4.81. The SMILES string of the molecule is COC(=O)[C@H]1CCC[C@H](Oc2ccc(-c3nnn(C)c3COC(=O)N(C)CCCCO)nc2C)C1. The Kier molecular flexibility index (Phi) is 9.41. The van der Waals surface area contributed by atoms with Crippen LogP contribution in [0.25, 0.3) is 11.4 Å². The molecular weight excluding hydrogens is 454 g/mol. The molecule has 11 nitrogen and oxygen atoms in total. The molecule has 0 aliphatic heterocycles. The van der Waals surface area contributed by atoms with E-state index in [4.69, 9.17) is 19.3 Å². The largest absolute Gasteiger partial charge is 0.489 e. The van der Waals surface area contributed by atoms with Crippen molar-refractivity contribution >= 4 is 12.1 Å². The molecule has 0 bridgehead atoms. The van der Waals surface area contributed by atoms with Crippen molar-refractivity contribution in [1.29, 1.82) is 0 Å². The van der Waals surface area contributed by atoms with E-state index in [0.717, 1.165) is 19.3 Å². The van der Waals surface area contributed by atoms with E-state index in [1.165, 1.54) is 12.0 Å². The fourth-order valence-corrected chi connectivity index (χ4v) is 4.15. The third-order valence-corrected chi connectivity index (χ3v) is 6.22. The van der Waals surface area contributed by atoms with Crippen LogP contribution in [-0.4, -0.2) is 75.5 Å². The zero-order chi connectivity index (χ0) is 25.4. The minimum Gasteiger partial charge on any atom is -0.489 e. The molecule has 2 aromatic heterocycles. The maximum Gasteiger partial charge on any atom is 0.409 e. The van der Waals surface area contributed by atoms with Gasteiger partial charge in [-0.1, -0.05) is 5.21 Å². The van der Waals surface area contributed by atoms with Crippen LogP contribution < -0.4 is 4.74 Å². The van der Waals surface area contributed by atoms with E-state index in [1.54, 1.807) is 24.8 Å². The van der Waals surface area contributed by atoms with Gasteiger partial charge in [-0.05, 0) is 57.6 Å². The van der Waals surface area contributed by atoms with Gasteiger partial charge in [-0.15, -0.1) is 5.10 Å². The molecule has 1 N–H and O–H groups in total. The van der Waals surface area contributed by atoms with Crippen molar-refractivity contribution in [3.05, 3.63) is 23.5 Å². The number of amides is 1. The van der Waals surface area contributed by atoms with Crippen LogP contribution in [0.3, 0.4) is 0 Å². The van der Waals surface area contributed by atoms with Crippen molar-refractivity contribution in [2.24, 2.45) is 13.0 Å². The lowest BCUT2D eigenvalue weighted by Crippen LogP contribution is -2.30. The number of aryl methyl sites for hydroxylation is 2. The molecular formula is C24H35N5O6. The Morgan fingerprint density at radius 3 is 2.77 bits per heavy atom. The number of methoxy groups -OCH3 is 1. The third-order valence-electron chi connectivity index (χ3n) is 6.22. The van der Waals surface area contributed by atoms with Crippen molar-refractivity contribution in [1.82, 2.24) is 24.9 Å². The molecule has 0 spiro atoms. The average Bonchev–Trinajstić information content (AvgIpc) is 3.23. The maximum atomic E-state index is 12.3. The summed E-state index contributed by atoms with van der Waals surface area (Å²) in [5, 5.41) is 17.2. The monoisotopic (exact) mass is 489 g/mol. The summed E-state index contributed by atoms with van der Waals surface area (Å²) in [6.07, 6.45) is 4.03. The molecule has 11 heteroatoms. The molecule has 1 fully saturated rings. The first-order valence-corrected chi connectivity index (χ1v) is 11.9. The highest BCUT2D eigenvalue weighted by Gasteiger charge is 2.29. The Balaban J connectivity index is 1.65. The molecule has 3 rings (SSSR count). The van der Waals surface area contributed by atoms with Crippen LogP contribution in [0, 0.1) is 12.8 Å². The van der Waals surface area contributed by atoms with Crippen LogP contribution >= 0.6 is 0 Å². The van der Waals surface area contributed by atoms with Gasteiger partial charge in [-0.25, -0.2) is 14.5 Å². The van der Waals surface area contributed by atoms with Crippen LogP contribution in [0.1, 0.15) is 49.9 Å². The van der Waals surface area contributed by atoms with E-state index in [2.05, 4.69) is 15.3 Å². The standard InChI is InChI=1S/C24H35N5O6/c1-16-21(35-18-9-7-8-17(14-18)23(31)33-4)11-10-19(25-16)22-20(29(3)27-26-22)15-34-24(32)28(2)12-5-6-13-30/h10-11,17-18,30H,5-9,12-15H2,1-4H3/t17-,18-/m0/s1. The molecule has 0 unspecified atom stereocenters. The fourth-order valence-electron chi connectivity index (χ4n) is 4.15. The number of rotatable bonds is 10. The summed E-state index contributed by atoms with van der Waals surface area (Å²) >= 11 is 0. The van der Waals surface area contributed by atoms with Crippen LogP contribution in [-0.2, 0) is 27.9 Å². The number of unbranched alkanes of at least 4 members (excludes halogenated alkanes) is 1. The van der Waals surface area contributed by atoms with Gasteiger partial charge >= 0.3 is 12.1 Å². The summed E-state index contributed by atoms with van der Waals surface area (Å²) in [5.74, 6) is 0.339. The van der Waals surface area contributed by atoms with Crippen molar-refractivity contribution in [2.75, 3.05) is 27.3 Å². The number of pyridine rings is 1. The second-order valence-corrected chi connectivity index (χ2v) is 8.82. The van der Waals surface area contributed by atoms with Crippen LogP contribution in [0.4, 0.5) is 4.79 Å². The summed E-state index contributed by atoms with van der Waals surface area (Å²) in [4.78, 5) is 30.3. The van der Waals surface area contributed by atoms with Crippen LogP contribution in [0.15, 0.2) is 12.1 Å². The summed E-state index contributed by atoms with van der Waals surface area (Å²) in [5.41, 5.74) is 2.44. The van der Waals surface area contributed by atoms with Gasteiger partial charge in [0, 0.05) is 27.2 Å². The van der Waals surface area contributed by atoms with Gasteiger partial charge in [0.2, 0.25) is 0 Å². The lowest BCUT2D eigenvalue weighted by atomic mass is 9.87. The molecule has 0 saturated heterocycles. The van der Waals surface area contributed by atoms with Crippen molar-refractivity contribution in [3.63, 3.8) is 0 Å². The van der Waals surface area contributed by atoms with Gasteiger partial charge in [0.25, 0.3) is 0 Å². The van der Waals surface area contributed by atoms with Gasteiger partial charge in [0.1, 0.15) is 23.7 Å². The molecule has 35 heavy (non-hydrogen) atoms. The predicted molar refractivity (Wildman–Crippen MR) is 126 cm³/mol. The summed E-state index contributed by atoms with van der Waals surface area (Å²) in [6.45, 7) is 2.45. The Morgan fingerprint density at radius 1 is 1.26 bits per heavy atom. The van der Waals surface area contributed by atoms with E-state index in [-0.39, 0.29) is 31.2 Å². The lowest BCUT2D eigenvalue weighted by Gasteiger charge is -2.28. The first-order chi connectivity index (χ1) is 16.8. The highest BCUT2D eigenvalue weighted by molar-refractivity contribution is 5.72. The zero-order valence-corrected chi connectivity index (χ0v) is 20.9. The molecule has 1 aliphatic carbocycles. The first kappa shape index (κ1) is 26.4. The second-order valence-electron chi connectivity index (χ2n) is 8.82. The van der Waals surface area contributed by atoms with Gasteiger partial charge in [0.15, 0.2) is 0 Å². The van der Waals surface area contributed by atoms with E-state index < -0.39 is 6.09 Å². The van der Waals surface area contributed by atoms with E-state index >= 15 is 0 Å². The number of hydrogen-bond donors (Lipinski definition) is 1. The van der Waals surface area contributed by atoms with Crippen molar-refractivity contribution in [3.8, 4) is 17.1 Å². The molecule has 0 aromatic carbocycles. The molecule has 1 saturated carbocycles. The Hall–Kier alpha value is -3.21. The number of ether oxygens (including phenoxy) is 3. The number of nitrogens with zero attached hydrogens (tertiary/aromatic N) is 5. The first-order valence-electron chi connectivity index (χ1n) is 11.9. The highest BCUT2D eigenvalue weighted by atomic mass is 16.6. The molecule has 1 amide bonds. The third kappa shape index (κ3) is 6.91. The fraction of sp³-hybridized carbons (Fsp3) is 0.625. The zero-order valence-electron chi connectivity index (χ0n) is 20.9. The Morgan fingerprint density at radius 2 is 2.06 bits per heavy atom. The van der Waals surface area contributed by atoms with E-state index in [0.29, 0.717) is 54.3 Å². The molecule has 2 aromatic rings. The highest BCUT2D eigenvalue weighted by Crippen LogP contribution is 2.31. The lowest BCUT2D eigenvalue weighted by molar-refractivity contribution is -0.147. The van der Waals surface area contributed by atoms with E-state index in [1.807, 2.05) is 13.0 Å². The van der Waals surface area contributed by atoms with Crippen molar-refractivity contribution < 1.29 is 28.9 Å². The minimum absolute atomic E-state index is 0.00201. The normalized spacial score (nSPS) is 17.6. The molecule has 192 valence electrons. The molecule has 1 aliphatic rings. The van der Waals surface area contributed by atoms with Crippen molar-refractivity contribution in [2.45, 2.75) is 58.2 Å². The van der Waals surface area contributed by atoms with Crippen LogP contribution in [0.2, 0.25) is 0 Å². The number of esters is 1. The minimum atomic E-state index is -0.458. The smallest absolute Gasteiger partial charge is 0.409 e. The Labute approximate surface area is 205 Å². The van der Waals surface area contributed by atoms with Crippen LogP contribution in [0.5, 0.6) is 5.75 Å². The number of aromatic nitrogens is 4. The Bertz CT molecular complexity index is 1010. The number of carbonyl (C=O) groups is 2. The average molecular weight is 490 g/mol. The van der Waals surface area contributed by atoms with Gasteiger partial charge in [-0.3, -0.25) is 4.79 Å². The van der Waals surface area contributed by atoms with Gasteiger partial charge < -0.3 is 24.2 Å². The summed E-state index contributed by atoms with van der Waals surface area (Å²) < 4.78 is 18.1. The second kappa shape index (κ2) is 12.5. The number of carbonyl (C=O) groups excluding carboxylic acids is 2. The molecule has 0 radical (unpaired) electrons. The summed E-state index contributed by atoms with van der Waals surface area (Å²) in [6, 6.07) is 3.65. The topological polar surface area (TPSA) is 129 Å². The number of aliphatic hydroxyl groups excluding tert-OH is 1. The van der Waals surface area contributed by atoms with E-state index in [9.17, 15) is 9.59 Å². The van der Waals surface area contributed by atoms with Gasteiger partial charge in [0.05, 0.1) is 30.5 Å². The maximum absolute atomic E-state index is 12.3. The number of aliphatic hydroxyl groups is 1. The predicted octanol–water partition coefficient (Wildman–Crippen LogP) is 2.64. The molecule has 2 atom stereocenters. The number of hydrogen-bond acceptors (Lipinski definition) is 9. The van der Waals surface area contributed by atoms with Gasteiger partial charge in [-0.2, -0.15) is 0 Å².